The van der Waals surface area contributed by atoms with Crippen molar-refractivity contribution in [3.05, 3.63) is 99.0 Å². The molecule has 3 amide bonds. The first-order chi connectivity index (χ1) is 18.8. The molecule has 0 saturated carbocycles. The summed E-state index contributed by atoms with van der Waals surface area (Å²) in [6.45, 7) is 2.94. The van der Waals surface area contributed by atoms with Gasteiger partial charge in [-0.25, -0.2) is 4.79 Å². The van der Waals surface area contributed by atoms with Crippen molar-refractivity contribution in [2.45, 2.75) is 38.1 Å². The molecule has 3 aromatic rings. The number of benzene rings is 3. The van der Waals surface area contributed by atoms with Crippen LogP contribution in [0.15, 0.2) is 71.2 Å². The summed E-state index contributed by atoms with van der Waals surface area (Å²) in [5, 5.41) is 2.77. The van der Waals surface area contributed by atoms with Crippen LogP contribution in [0.2, 0.25) is 0 Å². The molecule has 0 aromatic heterocycles. The van der Waals surface area contributed by atoms with Crippen LogP contribution < -0.4 is 5.32 Å². The van der Waals surface area contributed by atoms with Gasteiger partial charge in [-0.15, -0.1) is 0 Å². The first kappa shape index (κ1) is 25.5. The Balaban J connectivity index is 1.20. The van der Waals surface area contributed by atoms with Gasteiger partial charge in [-0.1, -0.05) is 71.4 Å². The van der Waals surface area contributed by atoms with Gasteiger partial charge in [0.1, 0.15) is 6.04 Å². The molecule has 4 aliphatic rings. The van der Waals surface area contributed by atoms with Gasteiger partial charge in [-0.2, -0.15) is 0 Å². The summed E-state index contributed by atoms with van der Waals surface area (Å²) >= 11 is 3.42. The number of esters is 1. The average Bonchev–Trinajstić information content (AvgIpc) is 3.22. The summed E-state index contributed by atoms with van der Waals surface area (Å²) in [6.07, 6.45) is 0.711. The summed E-state index contributed by atoms with van der Waals surface area (Å²) in [4.78, 5) is 54.2. The summed E-state index contributed by atoms with van der Waals surface area (Å²) in [7, 11) is 0. The summed E-state index contributed by atoms with van der Waals surface area (Å²) in [6, 6.07) is 20.3. The topological polar surface area (TPSA) is 92.8 Å². The molecule has 3 atom stereocenters. The zero-order chi connectivity index (χ0) is 27.4. The third-order valence-electron chi connectivity index (χ3n) is 8.28. The van der Waals surface area contributed by atoms with Gasteiger partial charge >= 0.3 is 5.97 Å². The zero-order valence-electron chi connectivity index (χ0n) is 21.5. The summed E-state index contributed by atoms with van der Waals surface area (Å²) in [5.74, 6) is -3.65. The smallest absolute Gasteiger partial charge is 0.329 e. The van der Waals surface area contributed by atoms with Crippen LogP contribution in [0.4, 0.5) is 5.69 Å². The number of nitrogens with one attached hydrogen (secondary N) is 1. The minimum absolute atomic E-state index is 0.249. The van der Waals surface area contributed by atoms with E-state index in [2.05, 4.69) is 21.2 Å². The predicted octanol–water partition coefficient (Wildman–Crippen LogP) is 4.77. The van der Waals surface area contributed by atoms with E-state index in [1.807, 2.05) is 67.6 Å². The predicted molar refractivity (Wildman–Crippen MR) is 148 cm³/mol. The first-order valence-corrected chi connectivity index (χ1v) is 13.9. The second kappa shape index (κ2) is 9.75. The molecule has 2 bridgehead atoms. The van der Waals surface area contributed by atoms with E-state index < -0.39 is 36.4 Å². The Morgan fingerprint density at radius 2 is 1.41 bits per heavy atom. The Kier molecular flexibility index (Phi) is 6.38. The van der Waals surface area contributed by atoms with Crippen LogP contribution in [0.5, 0.6) is 0 Å². The molecule has 7 rings (SSSR count). The third kappa shape index (κ3) is 4.00. The zero-order valence-corrected chi connectivity index (χ0v) is 23.1. The van der Waals surface area contributed by atoms with Crippen LogP contribution in [-0.4, -0.2) is 41.2 Å². The van der Waals surface area contributed by atoms with Crippen molar-refractivity contribution < 1.29 is 23.9 Å². The maximum atomic E-state index is 13.8. The van der Waals surface area contributed by atoms with Gasteiger partial charge < -0.3 is 10.1 Å². The monoisotopic (exact) mass is 586 g/mol. The number of hydrogen-bond acceptors (Lipinski definition) is 5. The van der Waals surface area contributed by atoms with Crippen LogP contribution in [0.25, 0.3) is 0 Å². The van der Waals surface area contributed by atoms with E-state index in [-0.39, 0.29) is 23.7 Å². The number of amides is 3. The normalized spacial score (nSPS) is 23.1. The minimum atomic E-state index is -1.15. The lowest BCUT2D eigenvalue weighted by molar-refractivity contribution is -0.159. The number of likely N-dealkylation sites (tertiary alicyclic amines) is 1. The maximum Gasteiger partial charge on any atom is 0.329 e. The Bertz CT molecular complexity index is 1420. The molecule has 1 saturated heterocycles. The van der Waals surface area contributed by atoms with Gasteiger partial charge in [-0.05, 0) is 59.4 Å². The molecule has 0 radical (unpaired) electrons. The van der Waals surface area contributed by atoms with Crippen molar-refractivity contribution in [2.24, 2.45) is 11.8 Å². The van der Waals surface area contributed by atoms with E-state index in [1.54, 1.807) is 6.07 Å². The van der Waals surface area contributed by atoms with Crippen molar-refractivity contribution >= 4 is 45.3 Å². The first-order valence-electron chi connectivity index (χ1n) is 13.1. The fraction of sp³-hybridized carbons (Fsp3) is 0.290. The quantitative estimate of drug-likeness (QED) is 0.331. The Morgan fingerprint density at radius 1 is 0.897 bits per heavy atom. The number of halogens is 1. The SMILES string of the molecule is CCc1cc(Br)ccc1NC(=O)COC(=O)[C@H](C)N1C(=O)[C@@H]2C3c4ccccc4C(c4ccccc43)[C@H]2C1=O. The Labute approximate surface area is 234 Å². The van der Waals surface area contributed by atoms with Gasteiger partial charge in [0.25, 0.3) is 5.91 Å². The van der Waals surface area contributed by atoms with Crippen molar-refractivity contribution in [1.29, 1.82) is 0 Å². The van der Waals surface area contributed by atoms with E-state index in [1.165, 1.54) is 6.92 Å². The maximum absolute atomic E-state index is 13.8. The highest BCUT2D eigenvalue weighted by atomic mass is 79.9. The fourth-order valence-electron chi connectivity index (χ4n) is 6.61. The molecule has 1 heterocycles. The van der Waals surface area contributed by atoms with E-state index in [0.29, 0.717) is 12.1 Å². The lowest BCUT2D eigenvalue weighted by atomic mass is 9.55. The minimum Gasteiger partial charge on any atom is -0.454 e. The number of hydrogen-bond donors (Lipinski definition) is 1. The molecule has 0 spiro atoms. The van der Waals surface area contributed by atoms with Crippen LogP contribution in [-0.2, 0) is 30.3 Å². The van der Waals surface area contributed by atoms with Crippen molar-refractivity contribution in [3.63, 3.8) is 0 Å². The Hall–Kier alpha value is -3.78. The van der Waals surface area contributed by atoms with Crippen LogP contribution in [0, 0.1) is 11.8 Å². The second-order valence-corrected chi connectivity index (χ2v) is 11.2. The molecule has 198 valence electrons. The van der Waals surface area contributed by atoms with Gasteiger partial charge in [0.05, 0.1) is 11.8 Å². The molecule has 1 N–H and O–H groups in total. The van der Waals surface area contributed by atoms with Crippen LogP contribution in [0.3, 0.4) is 0 Å². The number of anilines is 1. The molecule has 7 nitrogen and oxygen atoms in total. The number of rotatable bonds is 6. The number of carbonyl (C=O) groups is 4. The molecule has 1 fully saturated rings. The molecule has 0 unspecified atom stereocenters. The lowest BCUT2D eigenvalue weighted by Crippen LogP contribution is -2.45. The highest BCUT2D eigenvalue weighted by Crippen LogP contribution is 2.61. The van der Waals surface area contributed by atoms with Crippen LogP contribution >= 0.6 is 15.9 Å². The van der Waals surface area contributed by atoms with E-state index in [0.717, 1.165) is 37.2 Å². The number of nitrogens with zero attached hydrogens (tertiary/aromatic N) is 1. The average molecular weight is 587 g/mol. The summed E-state index contributed by atoms with van der Waals surface area (Å²) < 4.78 is 6.18. The molecule has 3 aliphatic carbocycles. The molecule has 39 heavy (non-hydrogen) atoms. The molecule has 8 heteroatoms. The molecular weight excluding hydrogens is 560 g/mol. The lowest BCUT2D eigenvalue weighted by Gasteiger charge is -2.45. The number of ether oxygens (including phenoxy) is 1. The highest BCUT2D eigenvalue weighted by Gasteiger charge is 2.62. The van der Waals surface area contributed by atoms with E-state index >= 15 is 0 Å². The molecule has 1 aliphatic heterocycles. The standard InChI is InChI=1S/C31H27BrN2O5/c1-3-17-14-18(32)12-13-23(17)33-24(35)15-39-31(38)16(2)34-29(36)27-25-19-8-4-5-9-20(19)26(28(27)30(34)37)22-11-7-6-10-21(22)25/h4-14,16,25-28H,3,15H2,1-2H3,(H,33,35)/t16-,25?,26?,27+,28+/m0/s1. The summed E-state index contributed by atoms with van der Waals surface area (Å²) in [5.41, 5.74) is 5.84. The third-order valence-corrected chi connectivity index (χ3v) is 8.77. The molecular formula is C31H27BrN2O5. The van der Waals surface area contributed by atoms with E-state index in [9.17, 15) is 19.2 Å². The largest absolute Gasteiger partial charge is 0.454 e. The Morgan fingerprint density at radius 3 is 1.90 bits per heavy atom. The number of carbonyl (C=O) groups excluding carboxylic acids is 4. The number of imide groups is 1. The van der Waals surface area contributed by atoms with E-state index in [4.69, 9.17) is 4.74 Å². The van der Waals surface area contributed by atoms with Gasteiger partial charge in [-0.3, -0.25) is 19.3 Å². The van der Waals surface area contributed by atoms with Crippen molar-refractivity contribution in [2.75, 3.05) is 11.9 Å². The van der Waals surface area contributed by atoms with Gasteiger partial charge in [0.2, 0.25) is 11.8 Å². The fourth-order valence-corrected chi connectivity index (χ4v) is 7.02. The van der Waals surface area contributed by atoms with Gasteiger partial charge in [0, 0.05) is 22.0 Å². The van der Waals surface area contributed by atoms with Crippen LogP contribution in [0.1, 0.15) is 53.5 Å². The molecule has 3 aromatic carbocycles. The van der Waals surface area contributed by atoms with Gasteiger partial charge in [0.15, 0.2) is 6.61 Å². The highest BCUT2D eigenvalue weighted by molar-refractivity contribution is 9.10. The van der Waals surface area contributed by atoms with Crippen molar-refractivity contribution in [1.82, 2.24) is 4.90 Å². The van der Waals surface area contributed by atoms with Crippen molar-refractivity contribution in [3.8, 4) is 0 Å². The second-order valence-electron chi connectivity index (χ2n) is 10.3. The number of aryl methyl sites for hydroxylation is 1.